The lowest BCUT2D eigenvalue weighted by molar-refractivity contribution is -0.384. The first-order valence-electron chi connectivity index (χ1n) is 7.97. The van der Waals surface area contributed by atoms with Gasteiger partial charge in [0.2, 0.25) is 5.88 Å². The lowest BCUT2D eigenvalue weighted by atomic mass is 10.2. The number of nitro benzene ring substituents is 1. The number of aromatic nitrogens is 2. The Hall–Kier alpha value is -3.27. The second kappa shape index (κ2) is 7.54. The van der Waals surface area contributed by atoms with Gasteiger partial charge in [0.15, 0.2) is 0 Å². The molecule has 0 saturated heterocycles. The minimum atomic E-state index is -0.538. The number of nitrogens with zero attached hydrogens (tertiary/aromatic N) is 3. The number of rotatable bonds is 6. The number of non-ortho nitro benzene ring substituents is 1. The van der Waals surface area contributed by atoms with Crippen molar-refractivity contribution >= 4 is 38.8 Å². The molecule has 0 spiro atoms. The van der Waals surface area contributed by atoms with Crippen molar-refractivity contribution in [3.8, 4) is 11.6 Å². The topological polar surface area (TPSA) is 116 Å². The number of hydrogen-bond acceptors (Lipinski definition) is 8. The van der Waals surface area contributed by atoms with Crippen LogP contribution in [0.25, 0.3) is 10.2 Å². The maximum atomic E-state index is 12.8. The smallest absolute Gasteiger partial charge is 0.271 e. The van der Waals surface area contributed by atoms with E-state index in [0.717, 1.165) is 0 Å². The van der Waals surface area contributed by atoms with E-state index in [-0.39, 0.29) is 11.4 Å². The predicted molar refractivity (Wildman–Crippen MR) is 101 cm³/mol. The minimum Gasteiger partial charge on any atom is -0.495 e. The van der Waals surface area contributed by atoms with E-state index in [9.17, 15) is 14.9 Å². The van der Waals surface area contributed by atoms with Crippen LogP contribution in [0, 0.1) is 17.0 Å². The zero-order valence-corrected chi connectivity index (χ0v) is 15.6. The number of ether oxygens (including phenoxy) is 2. The van der Waals surface area contributed by atoms with Crippen LogP contribution in [0.4, 0.5) is 11.4 Å². The van der Waals surface area contributed by atoms with Crippen LogP contribution < -0.4 is 14.8 Å². The van der Waals surface area contributed by atoms with Gasteiger partial charge >= 0.3 is 0 Å². The zero-order valence-electron chi connectivity index (χ0n) is 14.8. The number of anilines is 1. The van der Waals surface area contributed by atoms with E-state index in [0.29, 0.717) is 38.9 Å². The van der Waals surface area contributed by atoms with Crippen molar-refractivity contribution in [3.05, 3.63) is 45.1 Å². The van der Waals surface area contributed by atoms with Crippen LogP contribution in [-0.4, -0.2) is 34.5 Å². The second-order valence-corrected chi connectivity index (χ2v) is 6.44. The third kappa shape index (κ3) is 3.51. The summed E-state index contributed by atoms with van der Waals surface area (Å²) in [6, 6.07) is 4.00. The fourth-order valence-corrected chi connectivity index (χ4v) is 3.62. The highest BCUT2D eigenvalue weighted by Gasteiger charge is 2.22. The molecule has 0 unspecified atom stereocenters. The third-order valence-corrected chi connectivity index (χ3v) is 5.02. The Balaban J connectivity index is 2.00. The quantitative estimate of drug-likeness (QED) is 0.507. The first-order chi connectivity index (χ1) is 13.0. The molecule has 0 aliphatic heterocycles. The monoisotopic (exact) mass is 388 g/mol. The van der Waals surface area contributed by atoms with Gasteiger partial charge in [-0.1, -0.05) is 0 Å². The number of carbonyl (C=O) groups is 1. The molecule has 0 fully saturated rings. The maximum Gasteiger partial charge on any atom is 0.271 e. The van der Waals surface area contributed by atoms with E-state index < -0.39 is 10.8 Å². The maximum absolute atomic E-state index is 12.8. The van der Waals surface area contributed by atoms with Crippen LogP contribution in [0.15, 0.2) is 24.5 Å². The molecule has 2 heterocycles. The molecular weight excluding hydrogens is 372 g/mol. The van der Waals surface area contributed by atoms with Gasteiger partial charge < -0.3 is 14.8 Å². The van der Waals surface area contributed by atoms with Crippen molar-refractivity contribution in [2.45, 2.75) is 13.8 Å². The van der Waals surface area contributed by atoms with Gasteiger partial charge in [0.05, 0.1) is 34.6 Å². The Bertz CT molecular complexity index is 1030. The predicted octanol–water partition coefficient (Wildman–Crippen LogP) is 3.57. The zero-order chi connectivity index (χ0) is 19.6. The summed E-state index contributed by atoms with van der Waals surface area (Å²) in [5.74, 6) is 0.322. The molecule has 27 heavy (non-hydrogen) atoms. The van der Waals surface area contributed by atoms with Crippen molar-refractivity contribution in [1.82, 2.24) is 9.97 Å². The Morgan fingerprint density at radius 2 is 2.15 bits per heavy atom. The third-order valence-electron chi connectivity index (χ3n) is 3.82. The number of aryl methyl sites for hydroxylation is 1. The van der Waals surface area contributed by atoms with Crippen molar-refractivity contribution in [1.29, 1.82) is 0 Å². The molecule has 0 bridgehead atoms. The van der Waals surface area contributed by atoms with Crippen LogP contribution in [-0.2, 0) is 0 Å². The number of amides is 1. The summed E-state index contributed by atoms with van der Waals surface area (Å²) in [7, 11) is 1.42. The molecule has 3 aromatic rings. The van der Waals surface area contributed by atoms with Crippen molar-refractivity contribution in [3.63, 3.8) is 0 Å². The van der Waals surface area contributed by atoms with Gasteiger partial charge in [0, 0.05) is 12.1 Å². The minimum absolute atomic E-state index is 0.149. The van der Waals surface area contributed by atoms with Gasteiger partial charge in [-0.25, -0.2) is 9.97 Å². The molecule has 0 atom stereocenters. The Kier molecular flexibility index (Phi) is 5.17. The summed E-state index contributed by atoms with van der Waals surface area (Å²) in [6.07, 6.45) is 1.38. The van der Waals surface area contributed by atoms with Gasteiger partial charge in [-0.15, -0.1) is 11.3 Å². The Morgan fingerprint density at radius 1 is 1.37 bits per heavy atom. The Labute approximate surface area is 158 Å². The van der Waals surface area contributed by atoms with Gasteiger partial charge in [0.1, 0.15) is 16.9 Å². The molecule has 0 aliphatic carbocycles. The molecule has 2 aromatic heterocycles. The van der Waals surface area contributed by atoms with Crippen molar-refractivity contribution in [2.24, 2.45) is 0 Å². The molecule has 10 heteroatoms. The lowest BCUT2D eigenvalue weighted by Crippen LogP contribution is -2.12. The van der Waals surface area contributed by atoms with E-state index in [2.05, 4.69) is 15.3 Å². The normalized spacial score (nSPS) is 10.6. The number of fused-ring (bicyclic) bond motifs is 1. The number of carbonyl (C=O) groups excluding carboxylic acids is 1. The molecule has 3 rings (SSSR count). The number of thiophene rings is 1. The summed E-state index contributed by atoms with van der Waals surface area (Å²) in [4.78, 5) is 32.6. The number of methoxy groups -OCH3 is 1. The average Bonchev–Trinajstić information content (AvgIpc) is 2.99. The first kappa shape index (κ1) is 18.5. The average molecular weight is 388 g/mol. The number of nitro groups is 1. The van der Waals surface area contributed by atoms with Crippen LogP contribution in [0.2, 0.25) is 0 Å². The van der Waals surface area contributed by atoms with Gasteiger partial charge in [-0.3, -0.25) is 14.9 Å². The molecule has 1 N–H and O–H groups in total. The molecule has 0 saturated carbocycles. The standard InChI is InChI=1S/C17H16N4O5S/c1-4-26-16-13-9(2)14(27-17(13)19-8-18-16)15(22)20-11-7-10(21(23)24)5-6-12(11)25-3/h5-8H,4H2,1-3H3,(H,20,22). The summed E-state index contributed by atoms with van der Waals surface area (Å²) in [5, 5.41) is 14.4. The molecule has 140 valence electrons. The van der Waals surface area contributed by atoms with Gasteiger partial charge in [0.25, 0.3) is 11.6 Å². The molecule has 1 amide bonds. The summed E-state index contributed by atoms with van der Waals surface area (Å²) in [5.41, 5.74) is 0.745. The van der Waals surface area contributed by atoms with Gasteiger partial charge in [-0.05, 0) is 25.5 Å². The largest absolute Gasteiger partial charge is 0.495 e. The molecule has 1 aromatic carbocycles. The van der Waals surface area contributed by atoms with Crippen LogP contribution in [0.5, 0.6) is 11.6 Å². The number of nitrogens with one attached hydrogen (secondary N) is 1. The molecule has 9 nitrogen and oxygen atoms in total. The van der Waals surface area contributed by atoms with Gasteiger partial charge in [-0.2, -0.15) is 0 Å². The molecule has 0 aliphatic rings. The fraction of sp³-hybridized carbons (Fsp3) is 0.235. The summed E-state index contributed by atoms with van der Waals surface area (Å²) >= 11 is 1.20. The van der Waals surface area contributed by atoms with E-state index in [1.165, 1.54) is 43.0 Å². The summed E-state index contributed by atoms with van der Waals surface area (Å²) in [6.45, 7) is 4.07. The highest BCUT2D eigenvalue weighted by Crippen LogP contribution is 2.36. The summed E-state index contributed by atoms with van der Waals surface area (Å²) < 4.78 is 10.7. The molecule has 0 radical (unpaired) electrons. The lowest BCUT2D eigenvalue weighted by Gasteiger charge is -2.09. The van der Waals surface area contributed by atoms with Crippen molar-refractivity contribution < 1.29 is 19.2 Å². The van der Waals surface area contributed by atoms with E-state index in [4.69, 9.17) is 9.47 Å². The highest BCUT2D eigenvalue weighted by atomic mass is 32.1. The Morgan fingerprint density at radius 3 is 2.81 bits per heavy atom. The fourth-order valence-electron chi connectivity index (χ4n) is 2.59. The second-order valence-electron chi connectivity index (χ2n) is 5.44. The van der Waals surface area contributed by atoms with E-state index in [1.54, 1.807) is 6.92 Å². The highest BCUT2D eigenvalue weighted by molar-refractivity contribution is 7.20. The first-order valence-corrected chi connectivity index (χ1v) is 8.78. The van der Waals surface area contributed by atoms with E-state index >= 15 is 0 Å². The molecular formula is C17H16N4O5S. The van der Waals surface area contributed by atoms with Crippen molar-refractivity contribution in [2.75, 3.05) is 19.0 Å². The number of hydrogen-bond donors (Lipinski definition) is 1. The SMILES string of the molecule is CCOc1ncnc2sc(C(=O)Nc3cc([N+](=O)[O-])ccc3OC)c(C)c12. The van der Waals surface area contributed by atoms with E-state index in [1.807, 2.05) is 6.92 Å². The van der Waals surface area contributed by atoms with Crippen LogP contribution >= 0.6 is 11.3 Å². The van der Waals surface area contributed by atoms with Crippen LogP contribution in [0.3, 0.4) is 0 Å². The number of benzene rings is 1. The van der Waals surface area contributed by atoms with Crippen LogP contribution in [0.1, 0.15) is 22.2 Å².